The van der Waals surface area contributed by atoms with Crippen LogP contribution in [-0.2, 0) is 6.54 Å². The van der Waals surface area contributed by atoms with Crippen LogP contribution in [0.15, 0.2) is 42.5 Å². The van der Waals surface area contributed by atoms with Crippen LogP contribution in [0.25, 0.3) is 0 Å². The van der Waals surface area contributed by atoms with Gasteiger partial charge in [-0.3, -0.25) is 4.90 Å². The first kappa shape index (κ1) is 15.4. The SMILES string of the molecule is COc1cccc(CN(C)C[C@@H](O)c2ccc(F)cc2)n1. The Balaban J connectivity index is 1.94. The molecule has 5 heteroatoms. The molecule has 0 saturated carbocycles. The summed E-state index contributed by atoms with van der Waals surface area (Å²) in [6.45, 7) is 1.03. The molecule has 1 atom stereocenters. The summed E-state index contributed by atoms with van der Waals surface area (Å²) in [7, 11) is 3.47. The average Bonchev–Trinajstić information content (AvgIpc) is 2.47. The van der Waals surface area contributed by atoms with Crippen LogP contribution < -0.4 is 4.74 Å². The van der Waals surface area contributed by atoms with Crippen LogP contribution in [0, 0.1) is 5.82 Å². The lowest BCUT2D eigenvalue weighted by atomic mass is 10.1. The number of halogens is 1. The number of pyridine rings is 1. The van der Waals surface area contributed by atoms with E-state index in [9.17, 15) is 9.50 Å². The zero-order valence-electron chi connectivity index (χ0n) is 12.2. The Hall–Kier alpha value is -1.98. The monoisotopic (exact) mass is 290 g/mol. The number of aromatic nitrogens is 1. The molecule has 0 aliphatic rings. The predicted molar refractivity (Wildman–Crippen MR) is 78.5 cm³/mol. The molecule has 0 amide bonds. The van der Waals surface area contributed by atoms with Gasteiger partial charge in [-0.2, -0.15) is 0 Å². The van der Waals surface area contributed by atoms with Gasteiger partial charge in [0.25, 0.3) is 0 Å². The second-order valence-electron chi connectivity index (χ2n) is 4.94. The quantitative estimate of drug-likeness (QED) is 0.887. The molecule has 0 saturated heterocycles. The van der Waals surface area contributed by atoms with Gasteiger partial charge in [0.15, 0.2) is 0 Å². The van der Waals surface area contributed by atoms with E-state index in [0.29, 0.717) is 24.5 Å². The summed E-state index contributed by atoms with van der Waals surface area (Å²) in [5.74, 6) is 0.264. The third kappa shape index (κ3) is 4.51. The maximum atomic E-state index is 12.9. The Bertz CT molecular complexity index is 575. The van der Waals surface area contributed by atoms with Gasteiger partial charge >= 0.3 is 0 Å². The highest BCUT2D eigenvalue weighted by Gasteiger charge is 2.12. The van der Waals surface area contributed by atoms with E-state index in [0.717, 1.165) is 5.69 Å². The number of methoxy groups -OCH3 is 1. The van der Waals surface area contributed by atoms with Gasteiger partial charge in [-0.25, -0.2) is 9.37 Å². The molecule has 1 N–H and O–H groups in total. The highest BCUT2D eigenvalue weighted by Crippen LogP contribution is 2.16. The van der Waals surface area contributed by atoms with Crippen molar-refractivity contribution < 1.29 is 14.2 Å². The fourth-order valence-electron chi connectivity index (χ4n) is 2.09. The van der Waals surface area contributed by atoms with E-state index in [1.54, 1.807) is 25.3 Å². The second kappa shape index (κ2) is 7.15. The zero-order chi connectivity index (χ0) is 15.2. The Morgan fingerprint density at radius 2 is 1.95 bits per heavy atom. The van der Waals surface area contributed by atoms with Crippen molar-refractivity contribution in [3.8, 4) is 5.88 Å². The Morgan fingerprint density at radius 3 is 2.62 bits per heavy atom. The fourth-order valence-corrected chi connectivity index (χ4v) is 2.09. The number of benzene rings is 1. The molecule has 1 heterocycles. The van der Waals surface area contributed by atoms with Crippen molar-refractivity contribution in [1.82, 2.24) is 9.88 Å². The van der Waals surface area contributed by atoms with Crippen LogP contribution in [0.2, 0.25) is 0 Å². The van der Waals surface area contributed by atoms with Crippen molar-refractivity contribution in [3.05, 3.63) is 59.5 Å². The highest BCUT2D eigenvalue weighted by molar-refractivity contribution is 5.19. The van der Waals surface area contributed by atoms with Crippen molar-refractivity contribution in [2.75, 3.05) is 20.7 Å². The summed E-state index contributed by atoms with van der Waals surface area (Å²) >= 11 is 0. The minimum absolute atomic E-state index is 0.306. The van der Waals surface area contributed by atoms with E-state index in [2.05, 4.69) is 4.98 Å². The molecule has 0 unspecified atom stereocenters. The number of aliphatic hydroxyl groups excluding tert-OH is 1. The Kier molecular flexibility index (Phi) is 5.25. The van der Waals surface area contributed by atoms with Gasteiger partial charge in [-0.15, -0.1) is 0 Å². The third-order valence-corrected chi connectivity index (χ3v) is 3.16. The van der Waals surface area contributed by atoms with Crippen molar-refractivity contribution >= 4 is 0 Å². The van der Waals surface area contributed by atoms with E-state index in [-0.39, 0.29) is 5.82 Å². The van der Waals surface area contributed by atoms with Crippen LogP contribution in [0.5, 0.6) is 5.88 Å². The van der Waals surface area contributed by atoms with Crippen LogP contribution in [0.1, 0.15) is 17.4 Å². The van der Waals surface area contributed by atoms with E-state index in [1.165, 1.54) is 12.1 Å². The summed E-state index contributed by atoms with van der Waals surface area (Å²) in [5.41, 5.74) is 1.56. The van der Waals surface area contributed by atoms with E-state index in [1.807, 2.05) is 24.1 Å². The highest BCUT2D eigenvalue weighted by atomic mass is 19.1. The molecule has 2 rings (SSSR count). The van der Waals surface area contributed by atoms with Crippen LogP contribution in [0.3, 0.4) is 0 Å². The number of aliphatic hydroxyl groups is 1. The second-order valence-corrected chi connectivity index (χ2v) is 4.94. The zero-order valence-corrected chi connectivity index (χ0v) is 12.2. The maximum Gasteiger partial charge on any atom is 0.213 e. The normalized spacial score (nSPS) is 12.4. The van der Waals surface area contributed by atoms with E-state index >= 15 is 0 Å². The van der Waals surface area contributed by atoms with Gasteiger partial charge in [-0.05, 0) is 30.8 Å². The van der Waals surface area contributed by atoms with Crippen molar-refractivity contribution in [1.29, 1.82) is 0 Å². The number of rotatable bonds is 6. The first-order valence-corrected chi connectivity index (χ1v) is 6.70. The summed E-state index contributed by atoms with van der Waals surface area (Å²) in [6, 6.07) is 11.5. The van der Waals surface area contributed by atoms with Gasteiger partial charge in [0.05, 0.1) is 18.9 Å². The lowest BCUT2D eigenvalue weighted by Crippen LogP contribution is -2.24. The summed E-state index contributed by atoms with van der Waals surface area (Å²) in [5, 5.41) is 10.2. The number of hydrogen-bond donors (Lipinski definition) is 1. The molecular formula is C16H19FN2O2. The standard InChI is InChI=1S/C16H19FN2O2/c1-19(10-14-4-3-5-16(18-14)21-2)11-15(20)12-6-8-13(17)9-7-12/h3-9,15,20H,10-11H2,1-2H3/t15-/m1/s1. The average molecular weight is 290 g/mol. The van der Waals surface area contributed by atoms with Gasteiger partial charge in [-0.1, -0.05) is 18.2 Å². The van der Waals surface area contributed by atoms with Gasteiger partial charge in [0, 0.05) is 19.2 Å². The van der Waals surface area contributed by atoms with E-state index < -0.39 is 6.10 Å². The molecule has 1 aromatic heterocycles. The van der Waals surface area contributed by atoms with Gasteiger partial charge in [0.1, 0.15) is 5.82 Å². The number of nitrogens with zero attached hydrogens (tertiary/aromatic N) is 2. The number of hydrogen-bond acceptors (Lipinski definition) is 4. The molecule has 112 valence electrons. The Morgan fingerprint density at radius 1 is 1.24 bits per heavy atom. The lowest BCUT2D eigenvalue weighted by molar-refractivity contribution is 0.123. The molecule has 0 fully saturated rings. The number of likely N-dealkylation sites (N-methyl/N-ethyl adjacent to an activating group) is 1. The molecule has 0 aliphatic carbocycles. The molecule has 1 aromatic carbocycles. The fraction of sp³-hybridized carbons (Fsp3) is 0.312. The molecule has 0 bridgehead atoms. The van der Waals surface area contributed by atoms with Gasteiger partial charge < -0.3 is 9.84 Å². The summed E-state index contributed by atoms with van der Waals surface area (Å²) in [6.07, 6.45) is -0.666. The molecule has 0 aliphatic heterocycles. The van der Waals surface area contributed by atoms with Gasteiger partial charge in [0.2, 0.25) is 5.88 Å². The van der Waals surface area contributed by atoms with E-state index in [4.69, 9.17) is 4.74 Å². The first-order chi connectivity index (χ1) is 10.1. The molecule has 0 spiro atoms. The molecule has 21 heavy (non-hydrogen) atoms. The maximum absolute atomic E-state index is 12.9. The summed E-state index contributed by atoms with van der Waals surface area (Å²) < 4.78 is 17.9. The molecule has 4 nitrogen and oxygen atoms in total. The van der Waals surface area contributed by atoms with Crippen molar-refractivity contribution in [2.45, 2.75) is 12.6 Å². The lowest BCUT2D eigenvalue weighted by Gasteiger charge is -2.20. The molecular weight excluding hydrogens is 271 g/mol. The molecule has 0 radical (unpaired) electrons. The third-order valence-electron chi connectivity index (χ3n) is 3.16. The minimum atomic E-state index is -0.666. The van der Waals surface area contributed by atoms with Crippen LogP contribution in [-0.4, -0.2) is 35.7 Å². The van der Waals surface area contributed by atoms with Crippen molar-refractivity contribution in [3.63, 3.8) is 0 Å². The smallest absolute Gasteiger partial charge is 0.213 e. The predicted octanol–water partition coefficient (Wildman–Crippen LogP) is 2.39. The van der Waals surface area contributed by atoms with Crippen molar-refractivity contribution in [2.24, 2.45) is 0 Å². The van der Waals surface area contributed by atoms with Crippen LogP contribution in [0.4, 0.5) is 4.39 Å². The first-order valence-electron chi connectivity index (χ1n) is 6.70. The van der Waals surface area contributed by atoms with Crippen LogP contribution >= 0.6 is 0 Å². The summed E-state index contributed by atoms with van der Waals surface area (Å²) in [4.78, 5) is 6.28. The topological polar surface area (TPSA) is 45.6 Å². The largest absolute Gasteiger partial charge is 0.481 e. The molecule has 2 aromatic rings. The Labute approximate surface area is 123 Å². The minimum Gasteiger partial charge on any atom is -0.481 e. The number of ether oxygens (including phenoxy) is 1.